The third-order valence-electron chi connectivity index (χ3n) is 21.0. The minimum atomic E-state index is -0.695. The average molecular weight is 2090 g/mol. The first-order valence-corrected chi connectivity index (χ1v) is 48.5. The normalized spacial score (nSPS) is 10.3. The van der Waals surface area contributed by atoms with Crippen molar-refractivity contribution in [2.24, 2.45) is 17.2 Å². The van der Waals surface area contributed by atoms with E-state index in [1.165, 1.54) is 56.5 Å². The fourth-order valence-corrected chi connectivity index (χ4v) is 17.7. The first-order chi connectivity index (χ1) is 67.5. The van der Waals surface area contributed by atoms with Crippen LogP contribution in [0.2, 0.25) is 0 Å². The molecule has 0 radical (unpaired) electrons. The van der Waals surface area contributed by atoms with Gasteiger partial charge in [-0.3, -0.25) is 67.5 Å². The van der Waals surface area contributed by atoms with Crippen LogP contribution in [0.15, 0.2) is 309 Å². The predicted octanol–water partition coefficient (Wildman–Crippen LogP) is 14.9. The zero-order valence-electron chi connectivity index (χ0n) is 76.3. The summed E-state index contributed by atoms with van der Waals surface area (Å²) in [4.78, 5) is 212. The van der Waals surface area contributed by atoms with E-state index in [1.807, 2.05) is 152 Å². The summed E-state index contributed by atoms with van der Waals surface area (Å²) in [5.74, 6) is -1.98. The molecule has 0 aliphatic heterocycles. The van der Waals surface area contributed by atoms with Crippen molar-refractivity contribution >= 4 is 122 Å². The number of nitrogens with one attached hydrogen (secondary N) is 4. The second-order valence-electron chi connectivity index (χ2n) is 31.7. The van der Waals surface area contributed by atoms with E-state index < -0.39 is 23.0 Å². The van der Waals surface area contributed by atoms with Crippen molar-refractivity contribution in [3.63, 3.8) is 0 Å². The number of Topliss-reactive ketones (excluding diaryl/α,β-unsaturated/α-hetero) is 1. The van der Waals surface area contributed by atoms with Gasteiger partial charge in [-0.25, -0.2) is 72.1 Å². The fraction of sp³-hybridized carbons (Fsp3) is 0.295. The van der Waals surface area contributed by atoms with Gasteiger partial charge in [-0.15, -0.1) is 0 Å². The molecule has 778 valence electrons. The molecule has 0 spiro atoms. The molecule has 0 saturated carbocycles. The van der Waals surface area contributed by atoms with E-state index in [1.54, 1.807) is 97.1 Å². The summed E-state index contributed by atoms with van der Waals surface area (Å²) in [5, 5.41) is 16.8. The molecule has 0 bridgehead atoms. The van der Waals surface area contributed by atoms with Crippen LogP contribution in [0, 0.1) is 0 Å². The molecule has 0 aliphatic rings. The first-order valence-electron chi connectivity index (χ1n) is 44.6. The van der Waals surface area contributed by atoms with Crippen LogP contribution in [0.25, 0.3) is 22.7 Å². The smallest absolute Gasteiger partial charge is 0.346 e. The van der Waals surface area contributed by atoms with E-state index in [0.29, 0.717) is 90.3 Å². The van der Waals surface area contributed by atoms with Gasteiger partial charge in [-0.2, -0.15) is 0 Å². The van der Waals surface area contributed by atoms with Crippen LogP contribution in [0.3, 0.4) is 0 Å². The Bertz CT molecular complexity index is 7180. The highest BCUT2D eigenvalue weighted by Crippen LogP contribution is 2.21. The molecule has 7 amide bonds. The Kier molecular flexibility index (Phi) is 53.3. The summed E-state index contributed by atoms with van der Waals surface area (Å²) < 4.78 is 12.6. The van der Waals surface area contributed by atoms with E-state index in [9.17, 15) is 86.3 Å². The molecule has 9 aromatic carbocycles. The number of amides is 7. The average Bonchev–Trinajstić information content (AvgIpc) is 1.66. The van der Waals surface area contributed by atoms with E-state index in [-0.39, 0.29) is 167 Å². The fourth-order valence-electron chi connectivity index (χ4n) is 13.7. The number of nitrogens with zero attached hydrogens (tertiary/aromatic N) is 10. The minimum Gasteiger partial charge on any atom is -0.370 e. The monoisotopic (exact) mass is 2090 g/mol. The van der Waals surface area contributed by atoms with Crippen molar-refractivity contribution in [1.82, 2.24) is 48.1 Å². The molecule has 11 N–H and O–H groups in total. The van der Waals surface area contributed by atoms with Gasteiger partial charge in [0.15, 0.2) is 5.78 Å². The molecule has 0 unspecified atom stereocenters. The van der Waals surface area contributed by atoms with Gasteiger partial charge in [0.2, 0.25) is 35.4 Å². The van der Waals surface area contributed by atoms with E-state index in [2.05, 4.69) is 16.0 Å². The number of ketones is 1. The molecule has 0 aliphatic carbocycles. The second-order valence-corrected chi connectivity index (χ2v) is 36.3. The van der Waals surface area contributed by atoms with Gasteiger partial charge >= 0.3 is 52.8 Å². The molecule has 5 heterocycles. The van der Waals surface area contributed by atoms with E-state index >= 15 is 0 Å². The van der Waals surface area contributed by atoms with Gasteiger partial charge in [-0.05, 0) is 170 Å². The molecule has 36 nitrogen and oxygen atoms in total. The highest BCUT2D eigenvalue weighted by Gasteiger charge is 2.20. The molecule has 146 heavy (non-hydrogen) atoms. The first kappa shape index (κ1) is 123. The number of benzene rings is 9. The maximum Gasteiger partial charge on any atom is 0.346 e. The Balaban J connectivity index is 0.000000380. The SMILES string of the molecule is C.C.C.C.C.C.CC(=O)c1ccc(-n2sc(=O)n(Cc3ccccc3)c2=O)cc1.NC(=O)CCCCC(=O)Nc1ccc(-n2sc(=O)n(Cc3ccccc3)c2=O)cc1.NC(=O)CCCCCCC(=O)Nc1ccc(-n2sc(=O)n(Cc3ccccc3)c2=O)cc1.NC(=O)CCCCCCCCC(=O)Nc1ccc(-n2sc(=O)n(Cc3ccccc3)c2=O)cc1.O=C(/C=C/Cn1sc(=O)n(Cc2ccccc2)c1=O)NO. The quantitative estimate of drug-likeness (QED) is 0.00579. The number of rotatable bonds is 42. The second kappa shape index (κ2) is 63.5. The number of unbranched alkanes of at least 4 members (excludes halogenated alkanes) is 9. The zero-order valence-corrected chi connectivity index (χ0v) is 80.4. The minimum absolute atomic E-state index is 0. The predicted molar refractivity (Wildman–Crippen MR) is 583 cm³/mol. The van der Waals surface area contributed by atoms with Gasteiger partial charge in [0, 0.05) is 125 Å². The lowest BCUT2D eigenvalue weighted by atomic mass is 10.1. The summed E-state index contributed by atoms with van der Waals surface area (Å²) >= 11 is 4.18. The van der Waals surface area contributed by atoms with E-state index in [4.69, 9.17) is 22.4 Å². The summed E-state index contributed by atoms with van der Waals surface area (Å²) in [6.45, 7) is 2.69. The Morgan fingerprint density at radius 3 is 0.753 bits per heavy atom. The Morgan fingerprint density at radius 1 is 0.288 bits per heavy atom. The number of hydroxylamine groups is 1. The van der Waals surface area contributed by atoms with E-state index in [0.717, 1.165) is 160 Å². The lowest BCUT2D eigenvalue weighted by Gasteiger charge is -2.07. The number of nitrogens with two attached hydrogens (primary N) is 3. The Labute approximate surface area is 865 Å². The molecule has 0 fully saturated rings. The number of carbonyl (C=O) groups excluding carboxylic acids is 8. The van der Waals surface area contributed by atoms with Crippen LogP contribution in [-0.2, 0) is 72.8 Å². The molecule has 0 atom stereocenters. The third-order valence-corrected chi connectivity index (χ3v) is 25.6. The van der Waals surface area contributed by atoms with Crippen molar-refractivity contribution in [1.29, 1.82) is 0 Å². The third kappa shape index (κ3) is 38.9. The van der Waals surface area contributed by atoms with Crippen LogP contribution in [0.4, 0.5) is 17.1 Å². The van der Waals surface area contributed by atoms with Gasteiger partial charge in [0.25, 0.3) is 5.91 Å². The highest BCUT2D eigenvalue weighted by atomic mass is 32.1. The van der Waals surface area contributed by atoms with Crippen LogP contribution in [-0.4, -0.2) is 95.0 Å². The summed E-state index contributed by atoms with van der Waals surface area (Å²) in [5.41, 5.74) is 23.8. The Morgan fingerprint density at radius 2 is 0.507 bits per heavy atom. The summed E-state index contributed by atoms with van der Waals surface area (Å²) in [7, 11) is 0. The van der Waals surface area contributed by atoms with Crippen molar-refractivity contribution in [3.05, 3.63) is 395 Å². The number of carbonyl (C=O) groups is 8. The lowest BCUT2D eigenvalue weighted by Crippen LogP contribution is -2.29. The highest BCUT2D eigenvalue weighted by molar-refractivity contribution is 7.05. The van der Waals surface area contributed by atoms with Crippen molar-refractivity contribution in [3.8, 4) is 22.7 Å². The van der Waals surface area contributed by atoms with Crippen molar-refractivity contribution in [2.75, 3.05) is 16.0 Å². The molecular formula is C105H129N17O19S5. The number of hydrogen-bond acceptors (Lipinski definition) is 24. The van der Waals surface area contributed by atoms with Gasteiger partial charge in [0.05, 0.1) is 62.0 Å². The maximum atomic E-state index is 12.8. The number of primary amides is 3. The molecule has 0 saturated heterocycles. The molecular weight excluding hydrogens is 1960 g/mol. The van der Waals surface area contributed by atoms with Crippen molar-refractivity contribution < 1.29 is 43.6 Å². The number of hydrogen-bond donors (Lipinski definition) is 8. The molecule has 14 rings (SSSR count). The number of anilines is 3. The summed E-state index contributed by atoms with van der Waals surface area (Å²) in [6.07, 6.45) is 14.7. The largest absolute Gasteiger partial charge is 0.370 e. The maximum absolute atomic E-state index is 12.8. The van der Waals surface area contributed by atoms with Crippen LogP contribution in [0.1, 0.15) is 205 Å². The topological polar surface area (TPSA) is 503 Å². The molecule has 41 heteroatoms. The van der Waals surface area contributed by atoms with Gasteiger partial charge in [-0.1, -0.05) is 241 Å². The van der Waals surface area contributed by atoms with Crippen LogP contribution >= 0.6 is 57.7 Å². The molecule has 5 aromatic heterocycles. The van der Waals surface area contributed by atoms with Crippen molar-refractivity contribution in [2.45, 2.75) is 206 Å². The number of aromatic nitrogens is 10. The van der Waals surface area contributed by atoms with Gasteiger partial charge < -0.3 is 33.2 Å². The standard InChI is InChI=1S/C25H30N4O4S.C23H26N4O4S.C21H22N4O4S.C17H14N2O3S.C13H13N3O4S.6CH4/c26-22(30)12-8-3-1-2-4-9-13-23(31)27-20-14-16-21(17-15-20)29-24(32)28(25(33)34-29)18-19-10-6-5-7-11-19;24-20(28)10-6-1-2-7-11-21(29)25-18-12-14-19(15-13-18)27-22(30)26(23(31)32-27)16-17-8-4-3-5-9-17;22-18(26)8-4-5-9-19(27)23-16-10-12-17(13-11-16)25-20(28)24(21(29)30-25)14-15-6-2-1-3-7-15;1-12(20)14-7-9-15(10-8-14)19-16(21)18(17(22)23-19)11-13-5-3-2-4-6-13;17-11(14-20)7-4-8-16-12(18)15(13(19)21-16)9-10-5-2-1-3-6-10;;;;;;/h5-7,10-11,14-17H,1-4,8-9,12-13,18H2,(H2,26,30)(H,27,31);3-5,8-9,12-15H,1-2,6-7,10-11,16H2,(H2,24,28)(H,25,29);1-3,6-7,10-13H,4-5,8-9,14H2,(H2,22,26)(H,23,27);2-10H,11H2,1H3;1-7,20H,8-9H2,(H,14,17);6*1H4/b;;;;7-4+;;;;;;. The summed E-state index contributed by atoms with van der Waals surface area (Å²) in [6, 6.07) is 73.6. The Hall–Kier alpha value is -15.6. The van der Waals surface area contributed by atoms with Crippen LogP contribution in [0.5, 0.6) is 0 Å². The zero-order chi connectivity index (χ0) is 100. The number of allylic oxidation sites excluding steroid dienone is 1. The van der Waals surface area contributed by atoms with Crippen LogP contribution < -0.4 is 91.4 Å². The lowest BCUT2D eigenvalue weighted by molar-refractivity contribution is -0.124. The van der Waals surface area contributed by atoms with Gasteiger partial charge in [0.1, 0.15) is 0 Å². The molecule has 14 aromatic rings.